The molecule has 6 heteroatoms. The number of piperidine rings is 1. The van der Waals surface area contributed by atoms with E-state index in [1.165, 1.54) is 0 Å². The fraction of sp³-hybridized carbons (Fsp3) is 0.429. The van der Waals surface area contributed by atoms with Crippen molar-refractivity contribution in [2.24, 2.45) is 11.7 Å². The maximum atomic E-state index is 12.3. The number of primary amides is 1. The van der Waals surface area contributed by atoms with Gasteiger partial charge in [0.05, 0.1) is 0 Å². The van der Waals surface area contributed by atoms with Gasteiger partial charge in [-0.3, -0.25) is 9.59 Å². The number of halogens is 1. The molecule has 110 valence electrons. The van der Waals surface area contributed by atoms with Gasteiger partial charge in [-0.25, -0.2) is 0 Å². The predicted octanol–water partition coefficient (Wildman–Crippen LogP) is 1.42. The van der Waals surface area contributed by atoms with Gasteiger partial charge in [0.25, 0.3) is 5.91 Å². The maximum Gasteiger partial charge on any atom is 0.253 e. The van der Waals surface area contributed by atoms with Crippen molar-refractivity contribution in [3.63, 3.8) is 0 Å². The minimum absolute atomic E-state index is 0. The van der Waals surface area contributed by atoms with Crippen LogP contribution in [0.1, 0.15) is 29.6 Å². The van der Waals surface area contributed by atoms with Gasteiger partial charge >= 0.3 is 0 Å². The lowest BCUT2D eigenvalue weighted by Crippen LogP contribution is -2.39. The molecule has 0 aliphatic carbocycles. The van der Waals surface area contributed by atoms with Crippen LogP contribution in [0.5, 0.6) is 0 Å². The molecule has 2 rings (SSSR count). The van der Waals surface area contributed by atoms with Crippen molar-refractivity contribution < 1.29 is 9.59 Å². The summed E-state index contributed by atoms with van der Waals surface area (Å²) in [6.07, 6.45) is 2.08. The fourth-order valence-electron chi connectivity index (χ4n) is 2.48. The van der Waals surface area contributed by atoms with Crippen LogP contribution in [0, 0.1) is 5.92 Å². The molecular weight excluding hydrogens is 278 g/mol. The first kappa shape index (κ1) is 16.3. The summed E-state index contributed by atoms with van der Waals surface area (Å²) in [5, 5.41) is 0. The molecule has 4 N–H and O–H groups in total. The van der Waals surface area contributed by atoms with Crippen LogP contribution in [-0.4, -0.2) is 29.8 Å². The van der Waals surface area contributed by atoms with Crippen LogP contribution in [0.3, 0.4) is 0 Å². The van der Waals surface area contributed by atoms with Crippen LogP contribution in [0.15, 0.2) is 24.3 Å². The Morgan fingerprint density at radius 1 is 1.25 bits per heavy atom. The van der Waals surface area contributed by atoms with E-state index in [9.17, 15) is 9.59 Å². The Morgan fingerprint density at radius 2 is 1.90 bits per heavy atom. The molecule has 1 aromatic rings. The number of carbonyl (C=O) groups is 2. The molecule has 1 heterocycles. The van der Waals surface area contributed by atoms with Crippen LogP contribution in [0.25, 0.3) is 0 Å². The smallest absolute Gasteiger partial charge is 0.253 e. The van der Waals surface area contributed by atoms with E-state index in [4.69, 9.17) is 11.5 Å². The van der Waals surface area contributed by atoms with Crippen LogP contribution in [0.4, 0.5) is 5.69 Å². The van der Waals surface area contributed by atoms with E-state index >= 15 is 0 Å². The molecule has 0 spiro atoms. The van der Waals surface area contributed by atoms with Gasteiger partial charge in [-0.05, 0) is 37.0 Å². The van der Waals surface area contributed by atoms with E-state index in [1.807, 2.05) is 4.90 Å². The van der Waals surface area contributed by atoms with Crippen LogP contribution in [0.2, 0.25) is 0 Å². The fourth-order valence-corrected chi connectivity index (χ4v) is 2.48. The number of carbonyl (C=O) groups excluding carboxylic acids is 2. The number of benzene rings is 1. The molecule has 0 atom stereocenters. The average Bonchev–Trinajstić information content (AvgIpc) is 2.38. The third kappa shape index (κ3) is 4.13. The quantitative estimate of drug-likeness (QED) is 0.827. The molecule has 20 heavy (non-hydrogen) atoms. The zero-order valence-electron chi connectivity index (χ0n) is 11.2. The van der Waals surface area contributed by atoms with Crippen molar-refractivity contribution in [3.05, 3.63) is 29.8 Å². The number of nitrogen functional groups attached to an aromatic ring is 1. The highest BCUT2D eigenvalue weighted by atomic mass is 35.5. The average molecular weight is 298 g/mol. The summed E-state index contributed by atoms with van der Waals surface area (Å²) < 4.78 is 0. The summed E-state index contributed by atoms with van der Waals surface area (Å²) in [4.78, 5) is 24.9. The third-order valence-corrected chi connectivity index (χ3v) is 3.53. The van der Waals surface area contributed by atoms with E-state index < -0.39 is 0 Å². The van der Waals surface area contributed by atoms with Crippen molar-refractivity contribution >= 4 is 29.9 Å². The van der Waals surface area contributed by atoms with Crippen molar-refractivity contribution in [3.8, 4) is 0 Å². The highest BCUT2D eigenvalue weighted by molar-refractivity contribution is 5.95. The van der Waals surface area contributed by atoms with Crippen molar-refractivity contribution in [1.29, 1.82) is 0 Å². The van der Waals surface area contributed by atoms with Gasteiger partial charge in [0.1, 0.15) is 0 Å². The zero-order chi connectivity index (χ0) is 13.8. The molecule has 5 nitrogen and oxygen atoms in total. The number of nitrogens with zero attached hydrogens (tertiary/aromatic N) is 1. The lowest BCUT2D eigenvalue weighted by Gasteiger charge is -2.31. The first-order chi connectivity index (χ1) is 9.06. The second kappa shape index (κ2) is 7.14. The van der Waals surface area contributed by atoms with E-state index in [0.29, 0.717) is 36.7 Å². The molecule has 1 saturated heterocycles. The van der Waals surface area contributed by atoms with E-state index in [0.717, 1.165) is 12.8 Å². The number of hydrogen-bond acceptors (Lipinski definition) is 3. The molecule has 0 radical (unpaired) electrons. The Kier molecular flexibility index (Phi) is 5.82. The summed E-state index contributed by atoms with van der Waals surface area (Å²) in [5.74, 6) is 0.0489. The Morgan fingerprint density at radius 3 is 2.45 bits per heavy atom. The number of nitrogens with two attached hydrogens (primary N) is 2. The second-order valence-corrected chi connectivity index (χ2v) is 5.03. The van der Waals surface area contributed by atoms with Crippen LogP contribution < -0.4 is 11.5 Å². The molecule has 1 fully saturated rings. The Balaban J connectivity index is 0.00000200. The summed E-state index contributed by atoms with van der Waals surface area (Å²) in [6.45, 7) is 1.34. The van der Waals surface area contributed by atoms with Crippen LogP contribution in [-0.2, 0) is 4.79 Å². The van der Waals surface area contributed by atoms with Crippen molar-refractivity contribution in [1.82, 2.24) is 4.90 Å². The second-order valence-electron chi connectivity index (χ2n) is 5.03. The summed E-state index contributed by atoms with van der Waals surface area (Å²) >= 11 is 0. The molecule has 0 bridgehead atoms. The van der Waals surface area contributed by atoms with Gasteiger partial charge in [-0.15, -0.1) is 12.4 Å². The topological polar surface area (TPSA) is 89.4 Å². The molecular formula is C14H20ClN3O2. The number of likely N-dealkylation sites (tertiary alicyclic amines) is 1. The Bertz CT molecular complexity index is 485. The van der Waals surface area contributed by atoms with E-state index in [1.54, 1.807) is 24.3 Å². The predicted molar refractivity (Wildman–Crippen MR) is 80.5 cm³/mol. The standard InChI is InChI=1S/C14H19N3O2.ClH/c15-12-3-1-2-11(9-12)14(19)17-6-4-10(5-7-17)8-13(16)18;/h1-3,9-10H,4-8,15H2,(H2,16,18);1H. The van der Waals surface area contributed by atoms with Crippen LogP contribution >= 0.6 is 12.4 Å². The number of hydrogen-bond donors (Lipinski definition) is 2. The monoisotopic (exact) mass is 297 g/mol. The Labute approximate surface area is 124 Å². The van der Waals surface area contributed by atoms with Gasteiger partial charge < -0.3 is 16.4 Å². The van der Waals surface area contributed by atoms with Gasteiger partial charge in [-0.1, -0.05) is 6.07 Å². The van der Waals surface area contributed by atoms with Gasteiger partial charge in [0.2, 0.25) is 5.91 Å². The Hall–Kier alpha value is -1.75. The van der Waals surface area contributed by atoms with Gasteiger partial charge in [0.15, 0.2) is 0 Å². The zero-order valence-corrected chi connectivity index (χ0v) is 12.1. The van der Waals surface area contributed by atoms with E-state index in [2.05, 4.69) is 0 Å². The SMILES string of the molecule is Cl.NC(=O)CC1CCN(C(=O)c2cccc(N)c2)CC1. The minimum atomic E-state index is -0.263. The maximum absolute atomic E-state index is 12.3. The molecule has 1 aliphatic rings. The third-order valence-electron chi connectivity index (χ3n) is 3.53. The number of amides is 2. The van der Waals surface area contributed by atoms with Gasteiger partial charge in [-0.2, -0.15) is 0 Å². The summed E-state index contributed by atoms with van der Waals surface area (Å²) in [5.41, 5.74) is 12.1. The normalized spacial score (nSPS) is 15.5. The van der Waals surface area contributed by atoms with E-state index in [-0.39, 0.29) is 24.2 Å². The molecule has 0 aromatic heterocycles. The first-order valence-corrected chi connectivity index (χ1v) is 6.49. The van der Waals surface area contributed by atoms with Crippen molar-refractivity contribution in [2.75, 3.05) is 18.8 Å². The summed E-state index contributed by atoms with van der Waals surface area (Å²) in [6, 6.07) is 7.00. The molecule has 0 saturated carbocycles. The lowest BCUT2D eigenvalue weighted by atomic mass is 9.93. The summed E-state index contributed by atoms with van der Waals surface area (Å²) in [7, 11) is 0. The highest BCUT2D eigenvalue weighted by Gasteiger charge is 2.24. The lowest BCUT2D eigenvalue weighted by molar-refractivity contribution is -0.119. The highest BCUT2D eigenvalue weighted by Crippen LogP contribution is 2.22. The van der Waals surface area contributed by atoms with Crippen molar-refractivity contribution in [2.45, 2.75) is 19.3 Å². The number of anilines is 1. The first-order valence-electron chi connectivity index (χ1n) is 6.49. The molecule has 1 aliphatic heterocycles. The molecule has 1 aromatic carbocycles. The molecule has 0 unspecified atom stereocenters. The largest absolute Gasteiger partial charge is 0.399 e. The van der Waals surface area contributed by atoms with Gasteiger partial charge in [0, 0.05) is 30.8 Å². The minimum Gasteiger partial charge on any atom is -0.399 e. The molecule has 2 amide bonds. The number of rotatable bonds is 3.